The number of nitrogens with zero attached hydrogens (tertiary/aromatic N) is 1. The first kappa shape index (κ1) is 23.5. The molecule has 5 rings (SSSR count). The van der Waals surface area contributed by atoms with Crippen LogP contribution in [0.5, 0.6) is 5.75 Å². The molecule has 0 radical (unpaired) electrons. The van der Waals surface area contributed by atoms with E-state index in [2.05, 4.69) is 0 Å². The normalized spacial score (nSPS) is 13.4. The lowest BCUT2D eigenvalue weighted by atomic mass is 9.95. The van der Waals surface area contributed by atoms with Gasteiger partial charge in [0, 0.05) is 23.4 Å². The summed E-state index contributed by atoms with van der Waals surface area (Å²) in [6.45, 7) is -2.37. The fraction of sp³-hybridized carbons (Fsp3) is 0.129. The standard InChI is InChI=1S/C31H25F2NO2/c32-31(33)36-29-15-7-5-12-26(29)21-27(24-18-16-23(17-19-24)22-9-2-1-3-10-22)30(35)34-20-8-13-25-11-4-6-14-28(25)34/h1-7,9-12,14-19,21,31H,8,13,20H2/b27-21+. The fourth-order valence-electron chi connectivity index (χ4n) is 4.59. The van der Waals surface area contributed by atoms with Crippen molar-refractivity contribution in [1.82, 2.24) is 0 Å². The van der Waals surface area contributed by atoms with Gasteiger partial charge in [-0.2, -0.15) is 8.78 Å². The van der Waals surface area contributed by atoms with Crippen LogP contribution in [0.1, 0.15) is 23.1 Å². The van der Waals surface area contributed by atoms with Gasteiger partial charge in [0.1, 0.15) is 5.75 Å². The molecule has 0 fully saturated rings. The highest BCUT2D eigenvalue weighted by molar-refractivity contribution is 6.30. The van der Waals surface area contributed by atoms with Crippen LogP contribution in [0.2, 0.25) is 0 Å². The molecule has 0 aliphatic carbocycles. The predicted octanol–water partition coefficient (Wildman–Crippen LogP) is 7.48. The summed E-state index contributed by atoms with van der Waals surface area (Å²) in [6.07, 6.45) is 3.42. The van der Waals surface area contributed by atoms with Gasteiger partial charge >= 0.3 is 6.61 Å². The van der Waals surface area contributed by atoms with Crippen molar-refractivity contribution in [2.75, 3.05) is 11.4 Å². The molecule has 0 saturated heterocycles. The number of hydrogen-bond donors (Lipinski definition) is 0. The summed E-state index contributed by atoms with van der Waals surface area (Å²) in [6, 6.07) is 32.1. The highest BCUT2D eigenvalue weighted by Gasteiger charge is 2.26. The number of carbonyl (C=O) groups is 1. The Bertz CT molecular complexity index is 1380. The van der Waals surface area contributed by atoms with E-state index in [-0.39, 0.29) is 11.7 Å². The molecule has 0 saturated carbocycles. The minimum absolute atomic E-state index is 0.0257. The topological polar surface area (TPSA) is 29.5 Å². The molecule has 5 heteroatoms. The Hall–Kier alpha value is -4.25. The number of alkyl halides is 2. The third-order valence-corrected chi connectivity index (χ3v) is 6.32. The van der Waals surface area contributed by atoms with Gasteiger partial charge in [0.25, 0.3) is 5.91 Å². The van der Waals surface area contributed by atoms with E-state index in [1.807, 2.05) is 78.9 Å². The molecule has 0 unspecified atom stereocenters. The third-order valence-electron chi connectivity index (χ3n) is 6.32. The van der Waals surface area contributed by atoms with Crippen LogP contribution in [-0.4, -0.2) is 19.1 Å². The second kappa shape index (κ2) is 10.6. The highest BCUT2D eigenvalue weighted by Crippen LogP contribution is 2.33. The highest BCUT2D eigenvalue weighted by atomic mass is 19.3. The van der Waals surface area contributed by atoms with Crippen LogP contribution >= 0.6 is 0 Å². The summed E-state index contributed by atoms with van der Waals surface area (Å²) in [5.41, 5.74) is 5.64. The number of hydrogen-bond acceptors (Lipinski definition) is 2. The number of rotatable bonds is 6. The number of aryl methyl sites for hydroxylation is 1. The van der Waals surface area contributed by atoms with E-state index >= 15 is 0 Å². The predicted molar refractivity (Wildman–Crippen MR) is 140 cm³/mol. The first-order valence-corrected chi connectivity index (χ1v) is 11.9. The van der Waals surface area contributed by atoms with Crippen molar-refractivity contribution in [3.05, 3.63) is 120 Å². The molecule has 1 amide bonds. The van der Waals surface area contributed by atoms with Crippen molar-refractivity contribution in [2.24, 2.45) is 0 Å². The molecule has 0 atom stereocenters. The number of anilines is 1. The summed E-state index contributed by atoms with van der Waals surface area (Å²) in [4.78, 5) is 15.8. The molecule has 4 aromatic carbocycles. The van der Waals surface area contributed by atoms with E-state index in [1.54, 1.807) is 29.2 Å². The Kier molecular flexibility index (Phi) is 6.89. The molecule has 0 spiro atoms. The monoisotopic (exact) mass is 481 g/mol. The molecule has 0 bridgehead atoms. The van der Waals surface area contributed by atoms with Crippen LogP contribution in [-0.2, 0) is 11.2 Å². The van der Waals surface area contributed by atoms with Gasteiger partial charge in [-0.3, -0.25) is 4.79 Å². The lowest BCUT2D eigenvalue weighted by Gasteiger charge is -2.30. The van der Waals surface area contributed by atoms with Crippen LogP contribution in [0.25, 0.3) is 22.8 Å². The van der Waals surface area contributed by atoms with Crippen molar-refractivity contribution in [2.45, 2.75) is 19.5 Å². The number of carbonyl (C=O) groups excluding carboxylic acids is 1. The van der Waals surface area contributed by atoms with Crippen molar-refractivity contribution >= 4 is 23.2 Å². The van der Waals surface area contributed by atoms with Gasteiger partial charge < -0.3 is 9.64 Å². The maximum absolute atomic E-state index is 14.0. The molecular weight excluding hydrogens is 456 g/mol. The van der Waals surface area contributed by atoms with Gasteiger partial charge in [-0.25, -0.2) is 0 Å². The van der Waals surface area contributed by atoms with Gasteiger partial charge in [0.15, 0.2) is 0 Å². The summed E-state index contributed by atoms with van der Waals surface area (Å²) in [7, 11) is 0. The maximum Gasteiger partial charge on any atom is 0.387 e. The van der Waals surface area contributed by atoms with Crippen LogP contribution in [0.15, 0.2) is 103 Å². The Morgan fingerprint density at radius 2 is 1.47 bits per heavy atom. The Labute approximate surface area is 209 Å². The van der Waals surface area contributed by atoms with E-state index in [9.17, 15) is 13.6 Å². The van der Waals surface area contributed by atoms with E-state index in [1.165, 1.54) is 6.07 Å². The Balaban J connectivity index is 1.59. The van der Waals surface area contributed by atoms with E-state index < -0.39 is 6.61 Å². The minimum atomic E-state index is -2.96. The van der Waals surface area contributed by atoms with Crippen LogP contribution in [0.4, 0.5) is 14.5 Å². The summed E-state index contributed by atoms with van der Waals surface area (Å²) < 4.78 is 30.9. The van der Waals surface area contributed by atoms with Crippen LogP contribution in [0.3, 0.4) is 0 Å². The Morgan fingerprint density at radius 3 is 2.25 bits per heavy atom. The number of amides is 1. The number of benzene rings is 4. The molecule has 180 valence electrons. The first-order valence-electron chi connectivity index (χ1n) is 11.9. The lowest BCUT2D eigenvalue weighted by Crippen LogP contribution is -2.36. The van der Waals surface area contributed by atoms with E-state index in [0.717, 1.165) is 35.2 Å². The second-order valence-corrected chi connectivity index (χ2v) is 8.61. The van der Waals surface area contributed by atoms with Crippen molar-refractivity contribution in [3.8, 4) is 16.9 Å². The van der Waals surface area contributed by atoms with E-state index in [4.69, 9.17) is 4.74 Å². The van der Waals surface area contributed by atoms with Gasteiger partial charge in [-0.05, 0) is 53.3 Å². The average molecular weight is 482 g/mol. The number of halogens is 2. The van der Waals surface area contributed by atoms with Crippen molar-refractivity contribution in [3.63, 3.8) is 0 Å². The zero-order valence-electron chi connectivity index (χ0n) is 19.6. The lowest BCUT2D eigenvalue weighted by molar-refractivity contribution is -0.113. The zero-order valence-corrected chi connectivity index (χ0v) is 19.6. The van der Waals surface area contributed by atoms with Gasteiger partial charge in [-0.1, -0.05) is 91.0 Å². The Morgan fingerprint density at radius 1 is 0.806 bits per heavy atom. The summed E-state index contributed by atoms with van der Waals surface area (Å²) in [5, 5.41) is 0. The molecule has 0 N–H and O–H groups in total. The molecular formula is C31H25F2NO2. The quantitative estimate of drug-likeness (QED) is 0.211. The molecule has 1 aliphatic heterocycles. The number of ether oxygens (including phenoxy) is 1. The third kappa shape index (κ3) is 5.05. The maximum atomic E-state index is 14.0. The molecule has 1 heterocycles. The molecule has 3 nitrogen and oxygen atoms in total. The average Bonchev–Trinajstić information content (AvgIpc) is 2.92. The SMILES string of the molecule is O=C(/C(=C/c1ccccc1OC(F)F)c1ccc(-c2ccccc2)cc1)N1CCCc2ccccc21. The van der Waals surface area contributed by atoms with Gasteiger partial charge in [0.2, 0.25) is 0 Å². The molecule has 0 aromatic heterocycles. The van der Waals surface area contributed by atoms with Crippen molar-refractivity contribution < 1.29 is 18.3 Å². The second-order valence-electron chi connectivity index (χ2n) is 8.61. The fourth-order valence-corrected chi connectivity index (χ4v) is 4.59. The van der Waals surface area contributed by atoms with E-state index in [0.29, 0.717) is 23.2 Å². The number of para-hydroxylation sites is 2. The van der Waals surface area contributed by atoms with Gasteiger partial charge in [-0.15, -0.1) is 0 Å². The zero-order chi connectivity index (χ0) is 24.9. The molecule has 1 aliphatic rings. The van der Waals surface area contributed by atoms with Gasteiger partial charge in [0.05, 0.1) is 0 Å². The molecule has 4 aromatic rings. The van der Waals surface area contributed by atoms with Crippen molar-refractivity contribution in [1.29, 1.82) is 0 Å². The van der Waals surface area contributed by atoms with Crippen LogP contribution < -0.4 is 9.64 Å². The largest absolute Gasteiger partial charge is 0.434 e. The summed E-state index contributed by atoms with van der Waals surface area (Å²) >= 11 is 0. The smallest absolute Gasteiger partial charge is 0.387 e. The molecule has 36 heavy (non-hydrogen) atoms. The summed E-state index contributed by atoms with van der Waals surface area (Å²) in [5.74, 6) is -0.154. The first-order chi connectivity index (χ1) is 17.6. The van der Waals surface area contributed by atoms with Crippen LogP contribution in [0, 0.1) is 0 Å². The minimum Gasteiger partial charge on any atom is -0.434 e. The number of fused-ring (bicyclic) bond motifs is 1.